The minimum atomic E-state index is -0.295. The van der Waals surface area contributed by atoms with Gasteiger partial charge in [-0.3, -0.25) is 14.3 Å². The van der Waals surface area contributed by atoms with Gasteiger partial charge in [-0.2, -0.15) is 5.10 Å². The fourth-order valence-electron chi connectivity index (χ4n) is 3.41. The molecule has 1 aromatic carbocycles. The van der Waals surface area contributed by atoms with Crippen molar-refractivity contribution in [3.63, 3.8) is 0 Å². The Balaban J connectivity index is 1.77. The first-order valence-corrected chi connectivity index (χ1v) is 8.72. The summed E-state index contributed by atoms with van der Waals surface area (Å²) in [5.41, 5.74) is 4.05. The molecule has 0 bridgehead atoms. The summed E-state index contributed by atoms with van der Waals surface area (Å²) in [6.45, 7) is 5.44. The van der Waals surface area contributed by atoms with Gasteiger partial charge in [0.15, 0.2) is 0 Å². The summed E-state index contributed by atoms with van der Waals surface area (Å²) >= 11 is 0. The molecule has 2 amide bonds. The van der Waals surface area contributed by atoms with E-state index in [0.29, 0.717) is 0 Å². The van der Waals surface area contributed by atoms with E-state index in [0.717, 1.165) is 22.4 Å². The molecular weight excluding hydrogens is 328 g/mol. The van der Waals surface area contributed by atoms with Gasteiger partial charge in [0.2, 0.25) is 11.8 Å². The van der Waals surface area contributed by atoms with E-state index in [1.165, 1.54) is 6.92 Å². The highest BCUT2D eigenvalue weighted by atomic mass is 16.2. The molecule has 2 heterocycles. The second-order valence-electron chi connectivity index (χ2n) is 6.69. The lowest BCUT2D eigenvalue weighted by atomic mass is 9.93. The number of amides is 2. The molecule has 2 unspecified atom stereocenters. The van der Waals surface area contributed by atoms with Gasteiger partial charge in [-0.25, -0.2) is 0 Å². The summed E-state index contributed by atoms with van der Waals surface area (Å²) in [4.78, 5) is 26.3. The van der Waals surface area contributed by atoms with Crippen molar-refractivity contribution >= 4 is 17.9 Å². The van der Waals surface area contributed by atoms with E-state index < -0.39 is 0 Å². The van der Waals surface area contributed by atoms with Crippen LogP contribution in [0.15, 0.2) is 36.7 Å². The zero-order valence-corrected chi connectivity index (χ0v) is 15.6. The van der Waals surface area contributed by atoms with Gasteiger partial charge in [0.1, 0.15) is 0 Å². The minimum absolute atomic E-state index is 0.0790. The first-order valence-electron chi connectivity index (χ1n) is 8.72. The third kappa shape index (κ3) is 3.40. The van der Waals surface area contributed by atoms with E-state index in [9.17, 15) is 9.59 Å². The molecule has 0 saturated carbocycles. The van der Waals surface area contributed by atoms with Crippen LogP contribution in [0.2, 0.25) is 0 Å². The molecule has 6 heteroatoms. The van der Waals surface area contributed by atoms with Gasteiger partial charge in [0, 0.05) is 31.4 Å². The highest BCUT2D eigenvalue weighted by Crippen LogP contribution is 2.33. The summed E-state index contributed by atoms with van der Waals surface area (Å²) in [6.07, 6.45) is 5.66. The van der Waals surface area contributed by atoms with Crippen molar-refractivity contribution in [2.24, 2.45) is 7.05 Å². The molecule has 136 valence electrons. The molecule has 0 saturated heterocycles. The number of nitrogens with zero attached hydrogens (tertiary/aromatic N) is 3. The van der Waals surface area contributed by atoms with E-state index in [1.807, 2.05) is 51.2 Å². The maximum absolute atomic E-state index is 12.7. The van der Waals surface area contributed by atoms with Crippen LogP contribution in [-0.2, 0) is 16.6 Å². The maximum atomic E-state index is 12.7. The van der Waals surface area contributed by atoms with Crippen LogP contribution in [0.5, 0.6) is 0 Å². The Kier molecular flexibility index (Phi) is 4.93. The molecule has 3 rings (SSSR count). The van der Waals surface area contributed by atoms with Crippen LogP contribution in [0.4, 0.5) is 0 Å². The van der Waals surface area contributed by atoms with Gasteiger partial charge in [-0.1, -0.05) is 24.3 Å². The first kappa shape index (κ1) is 17.9. The Bertz CT molecular complexity index is 868. The van der Waals surface area contributed by atoms with Gasteiger partial charge in [-0.05, 0) is 31.1 Å². The van der Waals surface area contributed by atoms with Crippen LogP contribution < -0.4 is 5.32 Å². The predicted molar refractivity (Wildman–Crippen MR) is 99.9 cm³/mol. The number of rotatable bonds is 4. The fourth-order valence-corrected chi connectivity index (χ4v) is 3.41. The van der Waals surface area contributed by atoms with Crippen LogP contribution >= 0.6 is 0 Å². The molecule has 0 fully saturated rings. The third-order valence-corrected chi connectivity index (χ3v) is 4.97. The lowest BCUT2D eigenvalue weighted by molar-refractivity contribution is -0.130. The average molecular weight is 352 g/mol. The number of aryl methyl sites for hydroxylation is 1. The number of carbonyl (C=O) groups excluding carboxylic acids is 2. The van der Waals surface area contributed by atoms with E-state index >= 15 is 0 Å². The number of benzene rings is 1. The number of nitrogens with one attached hydrogen (secondary N) is 1. The summed E-state index contributed by atoms with van der Waals surface area (Å²) in [5.74, 6) is -0.174. The monoisotopic (exact) mass is 352 g/mol. The van der Waals surface area contributed by atoms with E-state index in [1.54, 1.807) is 22.0 Å². The Hall–Kier alpha value is -2.89. The van der Waals surface area contributed by atoms with Gasteiger partial charge in [-0.15, -0.1) is 0 Å². The van der Waals surface area contributed by atoms with Crippen molar-refractivity contribution in [1.29, 1.82) is 0 Å². The molecule has 1 aliphatic rings. The molecule has 26 heavy (non-hydrogen) atoms. The zero-order chi connectivity index (χ0) is 18.8. The van der Waals surface area contributed by atoms with E-state index in [2.05, 4.69) is 10.4 Å². The molecule has 1 N–H and O–H groups in total. The van der Waals surface area contributed by atoms with Gasteiger partial charge in [0.25, 0.3) is 0 Å². The molecule has 6 nitrogen and oxygen atoms in total. The lowest BCUT2D eigenvalue weighted by Gasteiger charge is -2.32. The SMILES string of the molecule is CC(=O)N1C=Cc2ccccc2C1CC(=O)NC(C)c1cnn(C)c1C. The predicted octanol–water partition coefficient (Wildman–Crippen LogP) is 2.87. The van der Waals surface area contributed by atoms with Crippen molar-refractivity contribution < 1.29 is 9.59 Å². The number of carbonyl (C=O) groups is 2. The number of hydrogen-bond donors (Lipinski definition) is 1. The number of aromatic nitrogens is 2. The van der Waals surface area contributed by atoms with Crippen molar-refractivity contribution in [1.82, 2.24) is 20.0 Å². The minimum Gasteiger partial charge on any atom is -0.349 e. The second-order valence-corrected chi connectivity index (χ2v) is 6.69. The molecular formula is C20H24N4O2. The Labute approximate surface area is 153 Å². The summed E-state index contributed by atoms with van der Waals surface area (Å²) in [5, 5.41) is 7.26. The highest BCUT2D eigenvalue weighted by molar-refractivity contribution is 5.82. The summed E-state index contributed by atoms with van der Waals surface area (Å²) < 4.78 is 1.79. The van der Waals surface area contributed by atoms with Crippen molar-refractivity contribution in [2.75, 3.05) is 0 Å². The van der Waals surface area contributed by atoms with Gasteiger partial charge < -0.3 is 10.2 Å². The zero-order valence-electron chi connectivity index (χ0n) is 15.6. The fraction of sp³-hybridized carbons (Fsp3) is 0.350. The van der Waals surface area contributed by atoms with Crippen LogP contribution in [0, 0.1) is 6.92 Å². The Morgan fingerprint density at radius 1 is 1.31 bits per heavy atom. The molecule has 0 aliphatic carbocycles. The number of hydrogen-bond acceptors (Lipinski definition) is 3. The van der Waals surface area contributed by atoms with E-state index in [-0.39, 0.29) is 30.3 Å². The number of fused-ring (bicyclic) bond motifs is 1. The first-order chi connectivity index (χ1) is 12.4. The van der Waals surface area contributed by atoms with Gasteiger partial charge in [0.05, 0.1) is 24.7 Å². The smallest absolute Gasteiger partial charge is 0.223 e. The maximum Gasteiger partial charge on any atom is 0.223 e. The molecule has 0 radical (unpaired) electrons. The van der Waals surface area contributed by atoms with Crippen molar-refractivity contribution in [2.45, 2.75) is 39.3 Å². The summed E-state index contributed by atoms with van der Waals surface area (Å²) in [7, 11) is 1.88. The molecule has 1 aromatic heterocycles. The van der Waals surface area contributed by atoms with E-state index in [4.69, 9.17) is 0 Å². The quantitative estimate of drug-likeness (QED) is 0.920. The largest absolute Gasteiger partial charge is 0.349 e. The van der Waals surface area contributed by atoms with Crippen LogP contribution in [0.25, 0.3) is 6.08 Å². The standard InChI is InChI=1S/C20H24N4O2/c1-13(18-12-21-23(4)14(18)2)22-20(26)11-19-17-8-6-5-7-16(17)9-10-24(19)15(3)25/h5-10,12-13,19H,11H2,1-4H3,(H,22,26). The van der Waals surface area contributed by atoms with Crippen molar-refractivity contribution in [3.05, 3.63) is 59.0 Å². The van der Waals surface area contributed by atoms with Crippen LogP contribution in [0.1, 0.15) is 54.7 Å². The third-order valence-electron chi connectivity index (χ3n) is 4.97. The van der Waals surface area contributed by atoms with Gasteiger partial charge >= 0.3 is 0 Å². The topological polar surface area (TPSA) is 67.2 Å². The Morgan fingerprint density at radius 2 is 2.04 bits per heavy atom. The second kappa shape index (κ2) is 7.15. The molecule has 2 aromatic rings. The Morgan fingerprint density at radius 3 is 2.69 bits per heavy atom. The molecule has 1 aliphatic heterocycles. The molecule has 0 spiro atoms. The average Bonchev–Trinajstić information content (AvgIpc) is 2.94. The van der Waals surface area contributed by atoms with Crippen LogP contribution in [-0.4, -0.2) is 26.5 Å². The highest BCUT2D eigenvalue weighted by Gasteiger charge is 2.28. The lowest BCUT2D eigenvalue weighted by Crippen LogP contribution is -2.36. The van der Waals surface area contributed by atoms with Crippen molar-refractivity contribution in [3.8, 4) is 0 Å². The summed E-state index contributed by atoms with van der Waals surface area (Å²) in [6, 6.07) is 7.42. The van der Waals surface area contributed by atoms with Crippen LogP contribution in [0.3, 0.4) is 0 Å². The normalized spacial score (nSPS) is 16.9. The molecule has 2 atom stereocenters.